The lowest BCUT2D eigenvalue weighted by atomic mass is 10.1. The lowest BCUT2D eigenvalue weighted by molar-refractivity contribution is -0.111. The maximum atomic E-state index is 11.3. The number of aryl methyl sites for hydroxylation is 1. The Morgan fingerprint density at radius 1 is 1.00 bits per heavy atom. The van der Waals surface area contributed by atoms with Crippen LogP contribution in [0.3, 0.4) is 0 Å². The highest BCUT2D eigenvalue weighted by molar-refractivity contribution is 7.97. The quantitative estimate of drug-likeness (QED) is 0.386. The summed E-state index contributed by atoms with van der Waals surface area (Å²) < 4.78 is 2.43. The van der Waals surface area contributed by atoms with Gasteiger partial charge in [-0.3, -0.25) is 4.79 Å². The van der Waals surface area contributed by atoms with Crippen LogP contribution in [0.4, 0.5) is 5.69 Å². The van der Waals surface area contributed by atoms with E-state index in [1.54, 1.807) is 11.9 Å². The van der Waals surface area contributed by atoms with E-state index in [1.165, 1.54) is 42.3 Å². The molecular weight excluding hydrogens is 366 g/mol. The van der Waals surface area contributed by atoms with E-state index < -0.39 is 0 Å². The van der Waals surface area contributed by atoms with Crippen molar-refractivity contribution < 1.29 is 4.79 Å². The zero-order valence-corrected chi connectivity index (χ0v) is 17.2. The summed E-state index contributed by atoms with van der Waals surface area (Å²) in [6, 6.07) is 18.7. The topological polar surface area (TPSA) is 35.6 Å². The van der Waals surface area contributed by atoms with E-state index in [9.17, 15) is 4.79 Å². The average molecular weight is 396 g/mol. The van der Waals surface area contributed by atoms with Crippen molar-refractivity contribution in [2.75, 3.05) is 38.0 Å². The predicted molar refractivity (Wildman–Crippen MR) is 119 cm³/mol. The molecule has 0 unspecified atom stereocenters. The Hall–Kier alpha value is -2.08. The number of anilines is 1. The van der Waals surface area contributed by atoms with Crippen molar-refractivity contribution in [3.8, 4) is 0 Å². The number of nitrogens with zero attached hydrogens (tertiary/aromatic N) is 2. The van der Waals surface area contributed by atoms with Gasteiger partial charge in [-0.25, -0.2) is 4.31 Å². The number of hydrogen-bond acceptors (Lipinski definition) is 4. The van der Waals surface area contributed by atoms with Crippen molar-refractivity contribution in [3.63, 3.8) is 0 Å². The minimum absolute atomic E-state index is 0.180. The molecule has 0 aromatic heterocycles. The first kappa shape index (κ1) is 20.6. The van der Waals surface area contributed by atoms with Gasteiger partial charge in [0.2, 0.25) is 5.91 Å². The summed E-state index contributed by atoms with van der Waals surface area (Å²) in [5.41, 5.74) is 2.24. The van der Waals surface area contributed by atoms with Gasteiger partial charge in [-0.15, -0.1) is 0 Å². The SMILES string of the molecule is C=CC(=O)Nc1ccc(SN2CCN(CCCCc3ccccc3)CC2)cc1. The Labute approximate surface area is 172 Å². The van der Waals surface area contributed by atoms with Crippen LogP contribution in [0.15, 0.2) is 72.1 Å². The second-order valence-corrected chi connectivity index (χ2v) is 8.19. The summed E-state index contributed by atoms with van der Waals surface area (Å²) in [5.74, 6) is -0.180. The van der Waals surface area contributed by atoms with Crippen LogP contribution in [0, 0.1) is 0 Å². The van der Waals surface area contributed by atoms with Gasteiger partial charge < -0.3 is 10.2 Å². The first-order valence-electron chi connectivity index (χ1n) is 9.95. The molecule has 1 aliphatic rings. The van der Waals surface area contributed by atoms with Crippen LogP contribution in [0.5, 0.6) is 0 Å². The van der Waals surface area contributed by atoms with Crippen LogP contribution in [0.25, 0.3) is 0 Å². The van der Waals surface area contributed by atoms with Crippen molar-refractivity contribution in [1.29, 1.82) is 0 Å². The Kier molecular flexibility index (Phi) is 8.15. The third-order valence-corrected chi connectivity index (χ3v) is 6.01. The van der Waals surface area contributed by atoms with Gasteiger partial charge >= 0.3 is 0 Å². The maximum absolute atomic E-state index is 11.3. The van der Waals surface area contributed by atoms with Gasteiger partial charge in [0.1, 0.15) is 0 Å². The molecule has 0 radical (unpaired) electrons. The number of unbranched alkanes of at least 4 members (excludes halogenated alkanes) is 1. The molecule has 0 spiro atoms. The molecule has 28 heavy (non-hydrogen) atoms. The smallest absolute Gasteiger partial charge is 0.247 e. The number of piperazine rings is 1. The molecule has 0 aliphatic carbocycles. The predicted octanol–water partition coefficient (Wildman–Crippen LogP) is 4.46. The van der Waals surface area contributed by atoms with E-state index in [0.29, 0.717) is 0 Å². The highest BCUT2D eigenvalue weighted by atomic mass is 32.2. The van der Waals surface area contributed by atoms with Crippen molar-refractivity contribution in [1.82, 2.24) is 9.21 Å². The molecule has 0 bridgehead atoms. The van der Waals surface area contributed by atoms with Gasteiger partial charge in [0.25, 0.3) is 0 Å². The zero-order valence-electron chi connectivity index (χ0n) is 16.3. The zero-order chi connectivity index (χ0) is 19.6. The normalized spacial score (nSPS) is 15.3. The minimum atomic E-state index is -0.180. The van der Waals surface area contributed by atoms with Crippen LogP contribution >= 0.6 is 11.9 Å². The summed E-state index contributed by atoms with van der Waals surface area (Å²) in [4.78, 5) is 15.1. The molecule has 0 atom stereocenters. The first-order valence-corrected chi connectivity index (χ1v) is 10.7. The number of carbonyl (C=O) groups is 1. The van der Waals surface area contributed by atoms with Gasteiger partial charge in [0.05, 0.1) is 0 Å². The average Bonchev–Trinajstić information content (AvgIpc) is 2.74. The molecule has 3 rings (SSSR count). The molecule has 1 fully saturated rings. The minimum Gasteiger partial charge on any atom is -0.323 e. The number of hydrogen-bond donors (Lipinski definition) is 1. The highest BCUT2D eigenvalue weighted by Gasteiger charge is 2.17. The van der Waals surface area contributed by atoms with E-state index in [2.05, 4.69) is 63.6 Å². The lowest BCUT2D eigenvalue weighted by Crippen LogP contribution is -2.43. The van der Waals surface area contributed by atoms with E-state index in [1.807, 2.05) is 12.1 Å². The van der Waals surface area contributed by atoms with Gasteiger partial charge in [0.15, 0.2) is 0 Å². The third kappa shape index (κ3) is 6.82. The molecule has 1 N–H and O–H groups in total. The molecule has 1 heterocycles. The summed E-state index contributed by atoms with van der Waals surface area (Å²) in [7, 11) is 0. The Morgan fingerprint density at radius 2 is 1.71 bits per heavy atom. The number of benzene rings is 2. The fourth-order valence-electron chi connectivity index (χ4n) is 3.30. The molecule has 1 amide bonds. The second kappa shape index (κ2) is 11.1. The summed E-state index contributed by atoms with van der Waals surface area (Å²) in [6.45, 7) is 9.09. The van der Waals surface area contributed by atoms with Crippen molar-refractivity contribution in [3.05, 3.63) is 72.8 Å². The van der Waals surface area contributed by atoms with Crippen molar-refractivity contribution in [2.45, 2.75) is 24.2 Å². The summed E-state index contributed by atoms with van der Waals surface area (Å²) in [6.07, 6.45) is 4.98. The molecule has 1 saturated heterocycles. The molecule has 2 aromatic rings. The van der Waals surface area contributed by atoms with Gasteiger partial charge in [0, 0.05) is 36.8 Å². The number of carbonyl (C=O) groups excluding carboxylic acids is 1. The second-order valence-electron chi connectivity index (χ2n) is 7.02. The Balaban J connectivity index is 1.32. The van der Waals surface area contributed by atoms with Gasteiger partial charge in [-0.2, -0.15) is 0 Å². The molecule has 1 aliphatic heterocycles. The van der Waals surface area contributed by atoms with E-state index in [4.69, 9.17) is 0 Å². The van der Waals surface area contributed by atoms with Crippen LogP contribution < -0.4 is 5.32 Å². The maximum Gasteiger partial charge on any atom is 0.247 e. The molecule has 2 aromatic carbocycles. The van der Waals surface area contributed by atoms with E-state index >= 15 is 0 Å². The Bertz CT molecular complexity index is 740. The molecular formula is C23H29N3OS. The van der Waals surface area contributed by atoms with Crippen LogP contribution in [-0.2, 0) is 11.2 Å². The van der Waals surface area contributed by atoms with Crippen LogP contribution in [0.1, 0.15) is 18.4 Å². The molecule has 148 valence electrons. The summed E-state index contributed by atoms with van der Waals surface area (Å²) >= 11 is 1.80. The molecule has 4 nitrogen and oxygen atoms in total. The van der Waals surface area contributed by atoms with Crippen LogP contribution in [0.2, 0.25) is 0 Å². The van der Waals surface area contributed by atoms with Crippen molar-refractivity contribution in [2.24, 2.45) is 0 Å². The van der Waals surface area contributed by atoms with Gasteiger partial charge in [-0.1, -0.05) is 36.9 Å². The van der Waals surface area contributed by atoms with Crippen molar-refractivity contribution >= 4 is 23.5 Å². The third-order valence-electron chi connectivity index (χ3n) is 4.91. The van der Waals surface area contributed by atoms with E-state index in [-0.39, 0.29) is 5.91 Å². The number of rotatable bonds is 9. The highest BCUT2D eigenvalue weighted by Crippen LogP contribution is 2.25. The molecule has 5 heteroatoms. The largest absolute Gasteiger partial charge is 0.323 e. The Morgan fingerprint density at radius 3 is 2.39 bits per heavy atom. The number of amides is 1. The van der Waals surface area contributed by atoms with Crippen LogP contribution in [-0.4, -0.2) is 47.8 Å². The monoisotopic (exact) mass is 395 g/mol. The van der Waals surface area contributed by atoms with E-state index in [0.717, 1.165) is 31.9 Å². The lowest BCUT2D eigenvalue weighted by Gasteiger charge is -2.33. The summed E-state index contributed by atoms with van der Waals surface area (Å²) in [5, 5.41) is 2.78. The standard InChI is InChI=1S/C23H29N3OS/c1-2-23(27)24-21-11-13-22(14-12-21)28-26-18-16-25(17-19-26)15-7-6-10-20-8-4-3-5-9-20/h2-5,8-9,11-14H,1,6-7,10,15-19H2,(H,24,27). The fourth-order valence-corrected chi connectivity index (χ4v) is 4.20. The molecule has 0 saturated carbocycles. The first-order chi connectivity index (χ1) is 13.7. The fraction of sp³-hybridized carbons (Fsp3) is 0.348. The number of nitrogens with one attached hydrogen (secondary N) is 1. The van der Waals surface area contributed by atoms with Gasteiger partial charge in [-0.05, 0) is 73.7 Å².